The molecule has 0 aliphatic rings. The van der Waals surface area contributed by atoms with E-state index in [4.69, 9.17) is 5.41 Å². The van der Waals surface area contributed by atoms with Crippen LogP contribution >= 0.6 is 11.9 Å². The second-order valence-electron chi connectivity index (χ2n) is 1.04. The van der Waals surface area contributed by atoms with Gasteiger partial charge in [0.05, 0.1) is 6.34 Å². The van der Waals surface area contributed by atoms with E-state index in [9.17, 15) is 0 Å². The Morgan fingerprint density at radius 3 is 2.43 bits per heavy atom. The number of nitrogens with zero attached hydrogens (tertiary/aromatic N) is 1. The Morgan fingerprint density at radius 2 is 2.43 bits per heavy atom. The van der Waals surface area contributed by atoms with Gasteiger partial charge >= 0.3 is 0 Å². The van der Waals surface area contributed by atoms with Crippen LogP contribution in [0.3, 0.4) is 0 Å². The van der Waals surface area contributed by atoms with Crippen LogP contribution in [0.4, 0.5) is 0 Å². The summed E-state index contributed by atoms with van der Waals surface area (Å²) < 4.78 is 1.83. The minimum Gasteiger partial charge on any atom is -0.308 e. The summed E-state index contributed by atoms with van der Waals surface area (Å²) in [5, 5.41) is 6.74. The van der Waals surface area contributed by atoms with Gasteiger partial charge in [-0.1, -0.05) is 11.9 Å². The van der Waals surface area contributed by atoms with Crippen LogP contribution in [-0.4, -0.2) is 23.4 Å². The van der Waals surface area contributed by atoms with Crippen molar-refractivity contribution in [2.45, 2.75) is 6.92 Å². The Bertz CT molecular complexity index is 51.7. The molecule has 0 aromatic heterocycles. The fourth-order valence-electron chi connectivity index (χ4n) is 0.273. The molecule has 0 spiro atoms. The first-order chi connectivity index (χ1) is 3.35. The summed E-state index contributed by atoms with van der Waals surface area (Å²) in [5.74, 6) is 0. The van der Waals surface area contributed by atoms with Gasteiger partial charge in [0.25, 0.3) is 0 Å². The first-order valence-electron chi connectivity index (χ1n) is 2.16. The van der Waals surface area contributed by atoms with Gasteiger partial charge < -0.3 is 4.31 Å². The van der Waals surface area contributed by atoms with Gasteiger partial charge in [-0.25, -0.2) is 0 Å². The van der Waals surface area contributed by atoms with Crippen molar-refractivity contribution >= 4 is 18.3 Å². The standard InChI is InChI=1S/C4H10N2S/c1-3-6(4-5)7-2/h4-5H,3H2,1-2H3. The van der Waals surface area contributed by atoms with Crippen molar-refractivity contribution in [1.29, 1.82) is 5.41 Å². The molecule has 0 aliphatic heterocycles. The summed E-state index contributed by atoms with van der Waals surface area (Å²) in [6.07, 6.45) is 3.28. The lowest BCUT2D eigenvalue weighted by molar-refractivity contribution is 0.732. The van der Waals surface area contributed by atoms with Crippen molar-refractivity contribution in [2.24, 2.45) is 0 Å². The normalized spacial score (nSPS) is 8.29. The van der Waals surface area contributed by atoms with E-state index in [1.54, 1.807) is 11.9 Å². The molecule has 0 radical (unpaired) electrons. The lowest BCUT2D eigenvalue weighted by Crippen LogP contribution is -2.09. The third-order valence-electron chi connectivity index (χ3n) is 0.690. The van der Waals surface area contributed by atoms with E-state index in [0.717, 1.165) is 6.54 Å². The molecule has 0 saturated heterocycles. The molecule has 0 rings (SSSR count). The molecule has 1 N–H and O–H groups in total. The SMILES string of the molecule is CCN(C=N)SC. The molecule has 0 aromatic rings. The third-order valence-corrected chi connectivity index (χ3v) is 1.52. The highest BCUT2D eigenvalue weighted by Gasteiger charge is 1.85. The molecule has 0 bridgehead atoms. The van der Waals surface area contributed by atoms with Crippen molar-refractivity contribution in [3.05, 3.63) is 0 Å². The van der Waals surface area contributed by atoms with Crippen LogP contribution in [0.15, 0.2) is 0 Å². The van der Waals surface area contributed by atoms with E-state index < -0.39 is 0 Å². The zero-order chi connectivity index (χ0) is 5.70. The highest BCUT2D eigenvalue weighted by atomic mass is 32.2. The highest BCUT2D eigenvalue weighted by Crippen LogP contribution is 1.97. The van der Waals surface area contributed by atoms with Crippen molar-refractivity contribution in [2.75, 3.05) is 12.8 Å². The van der Waals surface area contributed by atoms with Gasteiger partial charge in [0, 0.05) is 12.8 Å². The number of rotatable bonds is 3. The Balaban J connectivity index is 3.16. The molecule has 0 heterocycles. The highest BCUT2D eigenvalue weighted by molar-refractivity contribution is 7.96. The minimum atomic E-state index is 0.907. The first-order valence-corrected chi connectivity index (χ1v) is 3.34. The van der Waals surface area contributed by atoms with E-state index in [2.05, 4.69) is 0 Å². The van der Waals surface area contributed by atoms with Crippen molar-refractivity contribution in [3.63, 3.8) is 0 Å². The molecule has 2 nitrogen and oxygen atoms in total. The molecule has 0 atom stereocenters. The van der Waals surface area contributed by atoms with E-state index in [1.807, 2.05) is 17.5 Å². The maximum absolute atomic E-state index is 6.74. The Morgan fingerprint density at radius 1 is 1.86 bits per heavy atom. The number of nitrogens with one attached hydrogen (secondary N) is 1. The first kappa shape index (κ1) is 6.82. The fraction of sp³-hybridized carbons (Fsp3) is 0.750. The average Bonchev–Trinajstić information content (AvgIpc) is 1.72. The monoisotopic (exact) mass is 118 g/mol. The molecular formula is C4H10N2S. The van der Waals surface area contributed by atoms with Gasteiger partial charge in [-0.3, -0.25) is 5.41 Å². The van der Waals surface area contributed by atoms with Crippen LogP contribution in [0.25, 0.3) is 0 Å². The van der Waals surface area contributed by atoms with Gasteiger partial charge in [0.2, 0.25) is 0 Å². The van der Waals surface area contributed by atoms with Crippen LogP contribution < -0.4 is 0 Å². The molecule has 3 heteroatoms. The summed E-state index contributed by atoms with van der Waals surface area (Å²) in [4.78, 5) is 0. The quantitative estimate of drug-likeness (QED) is 0.342. The van der Waals surface area contributed by atoms with E-state index in [0.29, 0.717) is 0 Å². The third kappa shape index (κ3) is 2.51. The molecule has 42 valence electrons. The zero-order valence-corrected chi connectivity index (χ0v) is 5.46. The molecule has 0 aliphatic carbocycles. The number of hydrogen-bond acceptors (Lipinski definition) is 2. The fourth-order valence-corrected chi connectivity index (χ4v) is 0.637. The predicted molar refractivity (Wildman–Crippen MR) is 34.7 cm³/mol. The van der Waals surface area contributed by atoms with Crippen molar-refractivity contribution in [3.8, 4) is 0 Å². The van der Waals surface area contributed by atoms with Gasteiger partial charge in [-0.15, -0.1) is 0 Å². The van der Waals surface area contributed by atoms with Crippen molar-refractivity contribution < 1.29 is 0 Å². The summed E-state index contributed by atoms with van der Waals surface area (Å²) in [6, 6.07) is 0. The van der Waals surface area contributed by atoms with E-state index in [1.165, 1.54) is 6.34 Å². The molecule has 0 amide bonds. The second-order valence-corrected chi connectivity index (χ2v) is 1.88. The molecular weight excluding hydrogens is 108 g/mol. The lowest BCUT2D eigenvalue weighted by Gasteiger charge is -2.09. The Labute approximate surface area is 48.5 Å². The Kier molecular flexibility index (Phi) is 3.89. The molecule has 0 aromatic carbocycles. The summed E-state index contributed by atoms with van der Waals surface area (Å²) in [5.41, 5.74) is 0. The van der Waals surface area contributed by atoms with Gasteiger partial charge in [0.1, 0.15) is 0 Å². The largest absolute Gasteiger partial charge is 0.308 e. The van der Waals surface area contributed by atoms with E-state index >= 15 is 0 Å². The summed E-state index contributed by atoms with van der Waals surface area (Å²) in [7, 11) is 0. The Hall–Kier alpha value is -0.180. The van der Waals surface area contributed by atoms with Crippen molar-refractivity contribution in [1.82, 2.24) is 4.31 Å². The minimum absolute atomic E-state index is 0.907. The van der Waals surface area contributed by atoms with Crippen LogP contribution in [-0.2, 0) is 0 Å². The number of hydrogen-bond donors (Lipinski definition) is 1. The van der Waals surface area contributed by atoms with E-state index in [-0.39, 0.29) is 0 Å². The summed E-state index contributed by atoms with van der Waals surface area (Å²) >= 11 is 1.56. The van der Waals surface area contributed by atoms with Gasteiger partial charge in [-0.2, -0.15) is 0 Å². The smallest absolute Gasteiger partial charge is 0.0916 e. The molecule has 7 heavy (non-hydrogen) atoms. The predicted octanol–water partition coefficient (Wildman–Crippen LogP) is 1.19. The molecule has 0 fully saturated rings. The van der Waals surface area contributed by atoms with Crippen LogP contribution in [0.1, 0.15) is 6.92 Å². The molecule has 0 saturated carbocycles. The lowest BCUT2D eigenvalue weighted by atomic mass is 10.8. The maximum atomic E-state index is 6.74. The molecule has 0 unspecified atom stereocenters. The maximum Gasteiger partial charge on any atom is 0.0916 e. The van der Waals surface area contributed by atoms with Crippen LogP contribution in [0.5, 0.6) is 0 Å². The van der Waals surface area contributed by atoms with Gasteiger partial charge in [-0.05, 0) is 6.92 Å². The summed E-state index contributed by atoms with van der Waals surface area (Å²) in [6.45, 7) is 2.92. The average molecular weight is 118 g/mol. The van der Waals surface area contributed by atoms with Crippen LogP contribution in [0.2, 0.25) is 0 Å². The zero-order valence-electron chi connectivity index (χ0n) is 4.64. The van der Waals surface area contributed by atoms with Crippen LogP contribution in [0, 0.1) is 5.41 Å². The van der Waals surface area contributed by atoms with Gasteiger partial charge in [0.15, 0.2) is 0 Å². The second kappa shape index (κ2) is 3.99. The topological polar surface area (TPSA) is 27.1 Å².